The molecular formula is C5H11FO3S. The van der Waals surface area contributed by atoms with E-state index >= 15 is 0 Å². The van der Waals surface area contributed by atoms with Crippen LogP contribution >= 0.6 is 0 Å². The van der Waals surface area contributed by atoms with Crippen molar-refractivity contribution in [1.29, 1.82) is 0 Å². The standard InChI is InChI=1S/C5H11FO3S/c1-3-5(9-2)4-10(6,7)8/h5H,3-4H2,1-2H3. The van der Waals surface area contributed by atoms with Crippen molar-refractivity contribution in [3.8, 4) is 0 Å². The molecule has 0 saturated heterocycles. The van der Waals surface area contributed by atoms with Crippen molar-refractivity contribution in [3.05, 3.63) is 0 Å². The van der Waals surface area contributed by atoms with E-state index in [4.69, 9.17) is 0 Å². The highest BCUT2D eigenvalue weighted by molar-refractivity contribution is 7.86. The molecule has 0 aromatic rings. The summed E-state index contributed by atoms with van der Waals surface area (Å²) in [7, 11) is -3.01. The minimum absolute atomic E-state index is 0.500. The van der Waals surface area contributed by atoms with Crippen LogP contribution in [0.5, 0.6) is 0 Å². The summed E-state index contributed by atoms with van der Waals surface area (Å²) in [6.45, 7) is 1.74. The maximum absolute atomic E-state index is 11.9. The molecule has 0 N–H and O–H groups in total. The van der Waals surface area contributed by atoms with Crippen LogP contribution in [0.2, 0.25) is 0 Å². The molecular weight excluding hydrogens is 159 g/mol. The summed E-state index contributed by atoms with van der Waals surface area (Å²) in [4.78, 5) is 0. The molecule has 0 spiro atoms. The predicted molar refractivity (Wildman–Crippen MR) is 36.0 cm³/mol. The van der Waals surface area contributed by atoms with E-state index in [1.807, 2.05) is 0 Å². The third-order valence-electron chi connectivity index (χ3n) is 1.17. The van der Waals surface area contributed by atoms with E-state index in [2.05, 4.69) is 4.74 Å². The first-order valence-electron chi connectivity index (χ1n) is 2.94. The molecule has 10 heavy (non-hydrogen) atoms. The molecule has 0 rings (SSSR count). The minimum atomic E-state index is -4.37. The smallest absolute Gasteiger partial charge is 0.304 e. The Morgan fingerprint density at radius 3 is 2.20 bits per heavy atom. The zero-order valence-electron chi connectivity index (χ0n) is 6.00. The van der Waals surface area contributed by atoms with Crippen molar-refractivity contribution in [2.75, 3.05) is 12.9 Å². The first-order chi connectivity index (χ1) is 4.49. The van der Waals surface area contributed by atoms with E-state index in [9.17, 15) is 12.3 Å². The third kappa shape index (κ3) is 4.69. The second-order valence-corrected chi connectivity index (χ2v) is 3.38. The Morgan fingerprint density at radius 1 is 1.60 bits per heavy atom. The maximum Gasteiger partial charge on any atom is 0.304 e. The van der Waals surface area contributed by atoms with Crippen LogP contribution < -0.4 is 0 Å². The van der Waals surface area contributed by atoms with Gasteiger partial charge in [0.15, 0.2) is 0 Å². The van der Waals surface area contributed by atoms with Crippen molar-refractivity contribution in [2.45, 2.75) is 19.4 Å². The van der Waals surface area contributed by atoms with Gasteiger partial charge in [0.2, 0.25) is 0 Å². The molecule has 5 heteroatoms. The molecule has 0 aliphatic carbocycles. The first kappa shape index (κ1) is 9.84. The monoisotopic (exact) mass is 170 g/mol. The molecule has 0 aliphatic heterocycles. The fourth-order valence-electron chi connectivity index (χ4n) is 0.575. The van der Waals surface area contributed by atoms with Crippen LogP contribution in [-0.2, 0) is 15.0 Å². The summed E-state index contributed by atoms with van der Waals surface area (Å²) in [6, 6.07) is 0. The molecule has 1 unspecified atom stereocenters. The summed E-state index contributed by atoms with van der Waals surface area (Å²) < 4.78 is 36.6. The van der Waals surface area contributed by atoms with E-state index in [0.29, 0.717) is 6.42 Å². The van der Waals surface area contributed by atoms with Gasteiger partial charge >= 0.3 is 10.2 Å². The summed E-state index contributed by atoms with van der Waals surface area (Å²) in [5, 5.41) is 0. The predicted octanol–water partition coefficient (Wildman–Crippen LogP) is 0.711. The second kappa shape index (κ2) is 3.88. The van der Waals surface area contributed by atoms with Crippen LogP contribution in [0.4, 0.5) is 3.89 Å². The number of methoxy groups -OCH3 is 1. The van der Waals surface area contributed by atoms with Crippen molar-refractivity contribution in [2.24, 2.45) is 0 Å². The molecule has 3 nitrogen and oxygen atoms in total. The van der Waals surface area contributed by atoms with Gasteiger partial charge in [-0.2, -0.15) is 8.42 Å². The molecule has 0 amide bonds. The lowest BCUT2D eigenvalue weighted by molar-refractivity contribution is 0.117. The fourth-order valence-corrected chi connectivity index (χ4v) is 1.39. The van der Waals surface area contributed by atoms with E-state index in [1.54, 1.807) is 6.92 Å². The number of ether oxygens (including phenoxy) is 1. The molecule has 0 aromatic carbocycles. The zero-order valence-corrected chi connectivity index (χ0v) is 6.82. The highest BCUT2D eigenvalue weighted by atomic mass is 32.3. The third-order valence-corrected chi connectivity index (χ3v) is 1.94. The Kier molecular flexibility index (Phi) is 3.81. The molecule has 0 aliphatic rings. The van der Waals surface area contributed by atoms with Crippen LogP contribution in [-0.4, -0.2) is 27.4 Å². The Labute approximate surface area is 60.4 Å². The van der Waals surface area contributed by atoms with Gasteiger partial charge in [0.05, 0.1) is 6.10 Å². The largest absolute Gasteiger partial charge is 0.380 e. The van der Waals surface area contributed by atoms with E-state index in [0.717, 1.165) is 0 Å². The lowest BCUT2D eigenvalue weighted by Gasteiger charge is -2.08. The second-order valence-electron chi connectivity index (χ2n) is 1.97. The van der Waals surface area contributed by atoms with Crippen LogP contribution in [0.1, 0.15) is 13.3 Å². The fraction of sp³-hybridized carbons (Fsp3) is 1.00. The topological polar surface area (TPSA) is 43.4 Å². The van der Waals surface area contributed by atoms with E-state index < -0.39 is 22.1 Å². The quantitative estimate of drug-likeness (QED) is 0.583. The molecule has 0 radical (unpaired) electrons. The summed E-state index contributed by atoms with van der Waals surface area (Å²) >= 11 is 0. The Balaban J connectivity index is 3.87. The molecule has 1 atom stereocenters. The van der Waals surface area contributed by atoms with Gasteiger partial charge in [-0.05, 0) is 6.42 Å². The van der Waals surface area contributed by atoms with Gasteiger partial charge in [0.25, 0.3) is 0 Å². The van der Waals surface area contributed by atoms with Crippen LogP contribution in [0.25, 0.3) is 0 Å². The molecule has 0 aromatic heterocycles. The van der Waals surface area contributed by atoms with Gasteiger partial charge in [-0.3, -0.25) is 0 Å². The van der Waals surface area contributed by atoms with Crippen molar-refractivity contribution >= 4 is 10.2 Å². The van der Waals surface area contributed by atoms with Gasteiger partial charge in [0, 0.05) is 7.11 Å². The van der Waals surface area contributed by atoms with Crippen LogP contribution in [0.15, 0.2) is 0 Å². The lowest BCUT2D eigenvalue weighted by atomic mass is 10.3. The van der Waals surface area contributed by atoms with Gasteiger partial charge in [-0.1, -0.05) is 6.92 Å². The Morgan fingerprint density at radius 2 is 2.10 bits per heavy atom. The first-order valence-corrected chi connectivity index (χ1v) is 4.50. The van der Waals surface area contributed by atoms with Crippen molar-refractivity contribution in [3.63, 3.8) is 0 Å². The van der Waals surface area contributed by atoms with E-state index in [-0.39, 0.29) is 0 Å². The van der Waals surface area contributed by atoms with Gasteiger partial charge < -0.3 is 4.74 Å². The maximum atomic E-state index is 11.9. The lowest BCUT2D eigenvalue weighted by Crippen LogP contribution is -2.19. The van der Waals surface area contributed by atoms with Gasteiger partial charge in [0.1, 0.15) is 5.75 Å². The van der Waals surface area contributed by atoms with Crippen molar-refractivity contribution < 1.29 is 17.0 Å². The Hall–Kier alpha value is -0.160. The minimum Gasteiger partial charge on any atom is -0.380 e. The highest BCUT2D eigenvalue weighted by Crippen LogP contribution is 2.02. The Bertz CT molecular complexity index is 171. The molecule has 0 bridgehead atoms. The SMILES string of the molecule is CCC(CS(=O)(=O)F)OC. The van der Waals surface area contributed by atoms with Crippen LogP contribution in [0, 0.1) is 0 Å². The molecule has 0 saturated carbocycles. The summed E-state index contributed by atoms with van der Waals surface area (Å²) in [5.41, 5.74) is 0. The van der Waals surface area contributed by atoms with E-state index in [1.165, 1.54) is 7.11 Å². The van der Waals surface area contributed by atoms with Gasteiger partial charge in [-0.25, -0.2) is 0 Å². The average molecular weight is 170 g/mol. The summed E-state index contributed by atoms with van der Waals surface area (Å²) in [6.07, 6.45) is -0.0189. The number of hydrogen-bond donors (Lipinski definition) is 0. The highest BCUT2D eigenvalue weighted by Gasteiger charge is 2.15. The molecule has 0 fully saturated rings. The molecule has 62 valence electrons. The van der Waals surface area contributed by atoms with Crippen LogP contribution in [0.3, 0.4) is 0 Å². The number of rotatable bonds is 4. The zero-order chi connectivity index (χ0) is 8.20. The molecule has 0 heterocycles. The number of halogens is 1. The van der Waals surface area contributed by atoms with Gasteiger partial charge in [-0.15, -0.1) is 3.89 Å². The summed E-state index contributed by atoms with van der Waals surface area (Å²) in [5.74, 6) is -0.542. The normalized spacial score (nSPS) is 15.1. The average Bonchev–Trinajstić information content (AvgIpc) is 1.81. The van der Waals surface area contributed by atoms with Crippen molar-refractivity contribution in [1.82, 2.24) is 0 Å². The number of hydrogen-bond acceptors (Lipinski definition) is 3.